The summed E-state index contributed by atoms with van der Waals surface area (Å²) in [5.74, 6) is 0.127. The number of amidine groups is 1. The van der Waals surface area contributed by atoms with E-state index >= 15 is 0 Å². The largest absolute Gasteiger partial charge is 0.384 e. The lowest BCUT2D eigenvalue weighted by atomic mass is 10.1. The number of nitrogens with one attached hydrogen (secondary N) is 2. The van der Waals surface area contributed by atoms with Crippen LogP contribution in [-0.2, 0) is 0 Å². The zero-order valence-electron chi connectivity index (χ0n) is 8.66. The molecule has 4 N–H and O–H groups in total. The Morgan fingerprint density at radius 2 is 1.80 bits per heavy atom. The molecule has 1 saturated heterocycles. The van der Waals surface area contributed by atoms with Crippen molar-refractivity contribution in [1.82, 2.24) is 5.32 Å². The van der Waals surface area contributed by atoms with E-state index in [1.54, 1.807) is 0 Å². The maximum atomic E-state index is 7.30. The lowest BCUT2D eigenvalue weighted by Crippen LogP contribution is -2.43. The molecule has 15 heavy (non-hydrogen) atoms. The van der Waals surface area contributed by atoms with Crippen LogP contribution in [0, 0.1) is 5.41 Å². The van der Waals surface area contributed by atoms with E-state index in [0.29, 0.717) is 0 Å². The third-order valence-electron chi connectivity index (χ3n) is 2.66. The summed E-state index contributed by atoms with van der Waals surface area (Å²) in [7, 11) is 0. The molecule has 0 amide bonds. The normalized spacial score (nSPS) is 16.4. The second kappa shape index (κ2) is 4.31. The number of hydrogen-bond acceptors (Lipinski definition) is 3. The number of nitrogen functional groups attached to an aromatic ring is 1. The standard InChI is InChI=1S/C11H16N4/c12-11(13)9-1-3-10(4-2-9)15-7-5-14-6-8-15/h1-4,14H,5-8H2,(H3,12,13). The van der Waals surface area contributed by atoms with Gasteiger partial charge >= 0.3 is 0 Å². The van der Waals surface area contributed by atoms with Crippen LogP contribution < -0.4 is 16.0 Å². The topological polar surface area (TPSA) is 65.1 Å². The Balaban J connectivity index is 2.11. The van der Waals surface area contributed by atoms with Crippen molar-refractivity contribution >= 4 is 11.5 Å². The van der Waals surface area contributed by atoms with Crippen molar-refractivity contribution in [2.75, 3.05) is 31.1 Å². The Labute approximate surface area is 89.6 Å². The maximum absolute atomic E-state index is 7.30. The molecule has 0 bridgehead atoms. The molecule has 4 heteroatoms. The maximum Gasteiger partial charge on any atom is 0.122 e. The molecule has 0 radical (unpaired) electrons. The highest BCUT2D eigenvalue weighted by Gasteiger charge is 2.09. The third-order valence-corrected chi connectivity index (χ3v) is 2.66. The van der Waals surface area contributed by atoms with Crippen LogP contribution >= 0.6 is 0 Å². The molecule has 2 rings (SSSR count). The Bertz CT molecular complexity index is 338. The highest BCUT2D eigenvalue weighted by molar-refractivity contribution is 5.95. The minimum absolute atomic E-state index is 0.127. The summed E-state index contributed by atoms with van der Waals surface area (Å²) in [6, 6.07) is 7.86. The van der Waals surface area contributed by atoms with Gasteiger partial charge in [0, 0.05) is 37.4 Å². The Morgan fingerprint density at radius 1 is 1.20 bits per heavy atom. The zero-order chi connectivity index (χ0) is 10.7. The first kappa shape index (κ1) is 9.98. The molecule has 0 atom stereocenters. The van der Waals surface area contributed by atoms with Crippen molar-refractivity contribution in [2.24, 2.45) is 5.73 Å². The number of benzene rings is 1. The van der Waals surface area contributed by atoms with Gasteiger partial charge in [-0.3, -0.25) is 5.41 Å². The summed E-state index contributed by atoms with van der Waals surface area (Å²) >= 11 is 0. The lowest BCUT2D eigenvalue weighted by molar-refractivity contribution is 0.589. The lowest BCUT2D eigenvalue weighted by Gasteiger charge is -2.29. The SMILES string of the molecule is N=C(N)c1ccc(N2CCNCC2)cc1. The van der Waals surface area contributed by atoms with E-state index in [4.69, 9.17) is 11.1 Å². The van der Waals surface area contributed by atoms with Gasteiger partial charge in [-0.05, 0) is 24.3 Å². The first-order valence-corrected chi connectivity index (χ1v) is 5.17. The fourth-order valence-electron chi connectivity index (χ4n) is 1.77. The summed E-state index contributed by atoms with van der Waals surface area (Å²) in [5.41, 5.74) is 7.40. The molecule has 1 heterocycles. The smallest absolute Gasteiger partial charge is 0.122 e. The molecular weight excluding hydrogens is 188 g/mol. The van der Waals surface area contributed by atoms with Crippen LogP contribution in [0.1, 0.15) is 5.56 Å². The molecule has 0 spiro atoms. The second-order valence-electron chi connectivity index (χ2n) is 3.70. The van der Waals surface area contributed by atoms with Crippen LogP contribution in [0.25, 0.3) is 0 Å². The molecule has 0 aromatic heterocycles. The van der Waals surface area contributed by atoms with Gasteiger partial charge in [-0.1, -0.05) is 0 Å². The minimum Gasteiger partial charge on any atom is -0.384 e. The van der Waals surface area contributed by atoms with Crippen molar-refractivity contribution in [1.29, 1.82) is 5.41 Å². The van der Waals surface area contributed by atoms with E-state index in [9.17, 15) is 0 Å². The number of rotatable bonds is 2. The summed E-state index contributed by atoms with van der Waals surface area (Å²) < 4.78 is 0. The number of piperazine rings is 1. The van der Waals surface area contributed by atoms with Crippen LogP contribution in [0.2, 0.25) is 0 Å². The zero-order valence-corrected chi connectivity index (χ0v) is 8.66. The van der Waals surface area contributed by atoms with Gasteiger partial charge in [-0.25, -0.2) is 0 Å². The van der Waals surface area contributed by atoms with Gasteiger partial charge in [0.25, 0.3) is 0 Å². The van der Waals surface area contributed by atoms with E-state index in [0.717, 1.165) is 31.7 Å². The van der Waals surface area contributed by atoms with Crippen LogP contribution in [0.3, 0.4) is 0 Å². The Morgan fingerprint density at radius 3 is 2.33 bits per heavy atom. The van der Waals surface area contributed by atoms with Gasteiger partial charge < -0.3 is 16.0 Å². The highest BCUT2D eigenvalue weighted by atomic mass is 15.2. The van der Waals surface area contributed by atoms with Gasteiger partial charge in [0.1, 0.15) is 5.84 Å². The van der Waals surface area contributed by atoms with Crippen molar-refractivity contribution < 1.29 is 0 Å². The van der Waals surface area contributed by atoms with E-state index in [-0.39, 0.29) is 5.84 Å². The summed E-state index contributed by atoms with van der Waals surface area (Å²) in [6.07, 6.45) is 0. The van der Waals surface area contributed by atoms with Crippen molar-refractivity contribution in [3.8, 4) is 0 Å². The fraction of sp³-hybridized carbons (Fsp3) is 0.364. The molecular formula is C11H16N4. The van der Waals surface area contributed by atoms with Crippen LogP contribution in [0.5, 0.6) is 0 Å². The first-order valence-electron chi connectivity index (χ1n) is 5.17. The van der Waals surface area contributed by atoms with Crippen LogP contribution in [0.4, 0.5) is 5.69 Å². The van der Waals surface area contributed by atoms with E-state index in [2.05, 4.69) is 10.2 Å². The molecule has 1 aliphatic heterocycles. The van der Waals surface area contributed by atoms with E-state index < -0.39 is 0 Å². The van der Waals surface area contributed by atoms with Crippen molar-refractivity contribution in [3.63, 3.8) is 0 Å². The van der Waals surface area contributed by atoms with Gasteiger partial charge in [0.2, 0.25) is 0 Å². The van der Waals surface area contributed by atoms with Crippen molar-refractivity contribution in [3.05, 3.63) is 29.8 Å². The fourth-order valence-corrected chi connectivity index (χ4v) is 1.77. The molecule has 0 unspecified atom stereocenters. The number of hydrogen-bond donors (Lipinski definition) is 3. The van der Waals surface area contributed by atoms with Crippen molar-refractivity contribution in [2.45, 2.75) is 0 Å². The molecule has 1 fully saturated rings. The highest BCUT2D eigenvalue weighted by Crippen LogP contribution is 2.15. The van der Waals surface area contributed by atoms with Gasteiger partial charge in [-0.15, -0.1) is 0 Å². The number of nitrogens with zero attached hydrogens (tertiary/aromatic N) is 1. The minimum atomic E-state index is 0.127. The number of anilines is 1. The molecule has 80 valence electrons. The average Bonchev–Trinajstić information content (AvgIpc) is 2.30. The second-order valence-corrected chi connectivity index (χ2v) is 3.70. The molecule has 1 aromatic carbocycles. The predicted molar refractivity (Wildman–Crippen MR) is 62.5 cm³/mol. The quantitative estimate of drug-likeness (QED) is 0.482. The van der Waals surface area contributed by atoms with E-state index in [1.165, 1.54) is 5.69 Å². The van der Waals surface area contributed by atoms with Gasteiger partial charge in [0.05, 0.1) is 0 Å². The van der Waals surface area contributed by atoms with Gasteiger partial charge in [0.15, 0.2) is 0 Å². The number of nitrogens with two attached hydrogens (primary N) is 1. The summed E-state index contributed by atoms with van der Waals surface area (Å²) in [6.45, 7) is 4.15. The van der Waals surface area contributed by atoms with Gasteiger partial charge in [-0.2, -0.15) is 0 Å². The molecule has 1 aromatic rings. The Kier molecular flexibility index (Phi) is 2.87. The predicted octanol–water partition coefficient (Wildman–Crippen LogP) is 0.380. The summed E-state index contributed by atoms with van der Waals surface area (Å²) in [5, 5.41) is 10.6. The average molecular weight is 204 g/mol. The Hall–Kier alpha value is -1.55. The van der Waals surface area contributed by atoms with E-state index in [1.807, 2.05) is 24.3 Å². The molecule has 1 aliphatic rings. The summed E-state index contributed by atoms with van der Waals surface area (Å²) in [4.78, 5) is 2.33. The molecule has 4 nitrogen and oxygen atoms in total. The van der Waals surface area contributed by atoms with Crippen LogP contribution in [0.15, 0.2) is 24.3 Å². The molecule has 0 aliphatic carbocycles. The third kappa shape index (κ3) is 2.27. The molecule has 0 saturated carbocycles. The van der Waals surface area contributed by atoms with Crippen LogP contribution in [-0.4, -0.2) is 32.0 Å². The first-order chi connectivity index (χ1) is 7.27. The monoisotopic (exact) mass is 204 g/mol.